The fourth-order valence-corrected chi connectivity index (χ4v) is 2.90. The molecule has 0 radical (unpaired) electrons. The summed E-state index contributed by atoms with van der Waals surface area (Å²) in [5, 5.41) is 12.2. The van der Waals surface area contributed by atoms with E-state index < -0.39 is 0 Å². The van der Waals surface area contributed by atoms with Gasteiger partial charge in [0.25, 0.3) is 0 Å². The SMILES string of the molecule is CCc1ccc([C@H](C[N+](=O)[O-])c2c[nH]c3ccccc23)cc1. The molecule has 1 N–H and O–H groups in total. The molecule has 1 aromatic heterocycles. The quantitative estimate of drug-likeness (QED) is 0.568. The van der Waals surface area contributed by atoms with Crippen molar-refractivity contribution in [1.29, 1.82) is 0 Å². The minimum absolute atomic E-state index is 0.104. The molecule has 4 nitrogen and oxygen atoms in total. The van der Waals surface area contributed by atoms with Crippen LogP contribution in [0.4, 0.5) is 0 Å². The van der Waals surface area contributed by atoms with Crippen LogP contribution in [0.2, 0.25) is 0 Å². The van der Waals surface area contributed by atoms with Gasteiger partial charge in [-0.2, -0.15) is 0 Å². The molecule has 1 heterocycles. The maximum absolute atomic E-state index is 11.1. The van der Waals surface area contributed by atoms with Crippen LogP contribution in [0.25, 0.3) is 10.9 Å². The highest BCUT2D eigenvalue weighted by molar-refractivity contribution is 5.84. The van der Waals surface area contributed by atoms with Gasteiger partial charge < -0.3 is 4.98 Å². The van der Waals surface area contributed by atoms with E-state index in [1.165, 1.54) is 5.56 Å². The Kier molecular flexibility index (Phi) is 3.92. The van der Waals surface area contributed by atoms with Crippen molar-refractivity contribution in [2.45, 2.75) is 19.3 Å². The average Bonchev–Trinajstić information content (AvgIpc) is 2.96. The summed E-state index contributed by atoms with van der Waals surface area (Å²) in [5.41, 5.74) is 4.22. The molecule has 0 spiro atoms. The molecule has 2 aromatic carbocycles. The molecule has 0 amide bonds. The molecule has 0 saturated heterocycles. The fraction of sp³-hybridized carbons (Fsp3) is 0.222. The minimum atomic E-state index is -0.239. The summed E-state index contributed by atoms with van der Waals surface area (Å²) in [7, 11) is 0. The molecule has 3 aromatic rings. The summed E-state index contributed by atoms with van der Waals surface area (Å²) in [5.74, 6) is -0.239. The van der Waals surface area contributed by atoms with Crippen molar-refractivity contribution in [2.24, 2.45) is 0 Å². The second-order valence-corrected chi connectivity index (χ2v) is 5.45. The van der Waals surface area contributed by atoms with E-state index in [0.717, 1.165) is 28.5 Å². The van der Waals surface area contributed by atoms with E-state index in [0.29, 0.717) is 0 Å². The van der Waals surface area contributed by atoms with Crippen molar-refractivity contribution in [1.82, 2.24) is 4.98 Å². The third-order valence-electron chi connectivity index (χ3n) is 4.12. The molecule has 3 rings (SSSR count). The van der Waals surface area contributed by atoms with Crippen molar-refractivity contribution in [3.8, 4) is 0 Å². The predicted molar refractivity (Wildman–Crippen MR) is 87.8 cm³/mol. The lowest BCUT2D eigenvalue weighted by Gasteiger charge is -2.13. The van der Waals surface area contributed by atoms with Crippen molar-refractivity contribution < 1.29 is 4.92 Å². The number of nitro groups is 1. The number of benzene rings is 2. The molecule has 0 saturated carbocycles. The number of aromatic nitrogens is 1. The molecule has 0 aliphatic carbocycles. The summed E-state index contributed by atoms with van der Waals surface area (Å²) < 4.78 is 0. The van der Waals surface area contributed by atoms with Gasteiger partial charge in [-0.25, -0.2) is 0 Å². The molecule has 0 fully saturated rings. The number of aryl methyl sites for hydroxylation is 1. The van der Waals surface area contributed by atoms with Crippen LogP contribution >= 0.6 is 0 Å². The Morgan fingerprint density at radius 2 is 1.86 bits per heavy atom. The van der Waals surface area contributed by atoms with Crippen molar-refractivity contribution in [3.63, 3.8) is 0 Å². The number of hydrogen-bond donors (Lipinski definition) is 1. The van der Waals surface area contributed by atoms with Crippen LogP contribution in [0.1, 0.15) is 29.5 Å². The zero-order chi connectivity index (χ0) is 15.5. The summed E-state index contributed by atoms with van der Waals surface area (Å²) in [6, 6.07) is 16.0. The maximum atomic E-state index is 11.1. The van der Waals surface area contributed by atoms with Crippen LogP contribution in [0.3, 0.4) is 0 Å². The van der Waals surface area contributed by atoms with E-state index in [2.05, 4.69) is 24.0 Å². The number of rotatable bonds is 5. The van der Waals surface area contributed by atoms with Crippen LogP contribution in [0.15, 0.2) is 54.7 Å². The third kappa shape index (κ3) is 2.72. The summed E-state index contributed by atoms with van der Waals surface area (Å²) >= 11 is 0. The fourth-order valence-electron chi connectivity index (χ4n) is 2.90. The second-order valence-electron chi connectivity index (χ2n) is 5.45. The lowest BCUT2D eigenvalue weighted by molar-refractivity contribution is -0.481. The van der Waals surface area contributed by atoms with Gasteiger partial charge in [-0.05, 0) is 29.2 Å². The van der Waals surface area contributed by atoms with E-state index in [4.69, 9.17) is 0 Å². The van der Waals surface area contributed by atoms with E-state index in [1.807, 2.05) is 42.6 Å². The Balaban J connectivity index is 2.07. The molecule has 0 aliphatic rings. The standard InChI is InChI=1S/C18H18N2O2/c1-2-13-7-9-14(10-8-13)17(12-20(21)22)16-11-19-18-6-4-3-5-15(16)18/h3-11,17,19H,2,12H2,1H3/t17-/m0/s1. The maximum Gasteiger partial charge on any atom is 0.214 e. The van der Waals surface area contributed by atoms with E-state index in [9.17, 15) is 10.1 Å². The molecule has 0 unspecified atom stereocenters. The smallest absolute Gasteiger partial charge is 0.214 e. The van der Waals surface area contributed by atoms with E-state index in [1.54, 1.807) is 0 Å². The van der Waals surface area contributed by atoms with Gasteiger partial charge in [0.1, 0.15) is 0 Å². The first-order chi connectivity index (χ1) is 10.7. The van der Waals surface area contributed by atoms with Crippen molar-refractivity contribution >= 4 is 10.9 Å². The molecule has 0 bridgehead atoms. The van der Waals surface area contributed by atoms with E-state index in [-0.39, 0.29) is 17.4 Å². The lowest BCUT2D eigenvalue weighted by Crippen LogP contribution is -2.13. The van der Waals surface area contributed by atoms with Gasteiger partial charge >= 0.3 is 0 Å². The normalized spacial score (nSPS) is 12.4. The molecular formula is C18H18N2O2. The third-order valence-corrected chi connectivity index (χ3v) is 4.12. The van der Waals surface area contributed by atoms with Crippen molar-refractivity contribution in [3.05, 3.63) is 81.5 Å². The van der Waals surface area contributed by atoms with Gasteiger partial charge in [-0.3, -0.25) is 10.1 Å². The molecular weight excluding hydrogens is 276 g/mol. The number of nitrogens with zero attached hydrogens (tertiary/aromatic N) is 1. The first kappa shape index (κ1) is 14.3. The minimum Gasteiger partial charge on any atom is -0.361 e. The van der Waals surface area contributed by atoms with Gasteiger partial charge in [0, 0.05) is 22.0 Å². The molecule has 4 heteroatoms. The molecule has 1 atom stereocenters. The second kappa shape index (κ2) is 6.02. The number of nitrogens with one attached hydrogen (secondary N) is 1. The Morgan fingerprint density at radius 3 is 2.55 bits per heavy atom. The topological polar surface area (TPSA) is 58.9 Å². The first-order valence-electron chi connectivity index (χ1n) is 7.45. The predicted octanol–water partition coefficient (Wildman–Crippen LogP) is 4.14. The van der Waals surface area contributed by atoms with Gasteiger partial charge in [-0.15, -0.1) is 0 Å². The van der Waals surface area contributed by atoms with Crippen molar-refractivity contribution in [2.75, 3.05) is 6.54 Å². The van der Waals surface area contributed by atoms with Gasteiger partial charge in [0.15, 0.2) is 0 Å². The molecule has 112 valence electrons. The zero-order valence-electron chi connectivity index (χ0n) is 12.5. The first-order valence-corrected chi connectivity index (χ1v) is 7.45. The monoisotopic (exact) mass is 294 g/mol. The molecule has 22 heavy (non-hydrogen) atoms. The Morgan fingerprint density at radius 1 is 1.14 bits per heavy atom. The number of H-pyrrole nitrogens is 1. The number of hydrogen-bond acceptors (Lipinski definition) is 2. The Labute approximate surface area is 128 Å². The lowest BCUT2D eigenvalue weighted by atomic mass is 9.90. The Hall–Kier alpha value is -2.62. The number of para-hydroxylation sites is 1. The van der Waals surface area contributed by atoms with Crippen LogP contribution in [-0.2, 0) is 6.42 Å². The van der Waals surface area contributed by atoms with Gasteiger partial charge in [-0.1, -0.05) is 49.4 Å². The number of aromatic amines is 1. The highest BCUT2D eigenvalue weighted by Crippen LogP contribution is 2.31. The highest BCUT2D eigenvalue weighted by atomic mass is 16.6. The van der Waals surface area contributed by atoms with Gasteiger partial charge in [0.05, 0.1) is 5.92 Å². The summed E-state index contributed by atoms with van der Waals surface area (Å²) in [6.07, 6.45) is 2.86. The zero-order valence-corrected chi connectivity index (χ0v) is 12.5. The Bertz CT molecular complexity index is 790. The van der Waals surface area contributed by atoms with Crippen LogP contribution in [-0.4, -0.2) is 16.5 Å². The van der Waals surface area contributed by atoms with Crippen LogP contribution in [0.5, 0.6) is 0 Å². The number of fused-ring (bicyclic) bond motifs is 1. The largest absolute Gasteiger partial charge is 0.361 e. The summed E-state index contributed by atoms with van der Waals surface area (Å²) in [4.78, 5) is 14.1. The average molecular weight is 294 g/mol. The highest BCUT2D eigenvalue weighted by Gasteiger charge is 2.23. The van der Waals surface area contributed by atoms with Gasteiger partial charge in [0.2, 0.25) is 6.54 Å². The molecule has 0 aliphatic heterocycles. The van der Waals surface area contributed by atoms with Crippen LogP contribution < -0.4 is 0 Å². The van der Waals surface area contributed by atoms with Crippen LogP contribution in [0, 0.1) is 10.1 Å². The van der Waals surface area contributed by atoms with E-state index >= 15 is 0 Å². The summed E-state index contributed by atoms with van der Waals surface area (Å²) in [6.45, 7) is 2.00.